The maximum absolute atomic E-state index is 10.3. The minimum absolute atomic E-state index is 0.164. The molecule has 10 heavy (non-hydrogen) atoms. The summed E-state index contributed by atoms with van der Waals surface area (Å²) in [6.07, 6.45) is 0. The van der Waals surface area contributed by atoms with E-state index in [-0.39, 0.29) is 6.61 Å². The third-order valence-electron chi connectivity index (χ3n) is 1.01. The molecular formula is C4H10NO4P. The molecule has 60 valence electrons. The first-order valence-corrected chi connectivity index (χ1v) is 3.72. The van der Waals surface area contributed by atoms with Crippen molar-refractivity contribution in [2.45, 2.75) is 5.47 Å². The van der Waals surface area contributed by atoms with Crippen LogP contribution in [0.25, 0.3) is 0 Å². The topological polar surface area (TPSA) is 78.6 Å². The molecule has 0 aromatic carbocycles. The summed E-state index contributed by atoms with van der Waals surface area (Å²) in [4.78, 5) is 0. The van der Waals surface area contributed by atoms with Gasteiger partial charge in [0.1, 0.15) is 6.61 Å². The van der Waals surface area contributed by atoms with Gasteiger partial charge in [0, 0.05) is 14.2 Å². The summed E-state index contributed by atoms with van der Waals surface area (Å²) in [5, 5.41) is 0. The Kier molecular flexibility index (Phi) is 3.75. The lowest BCUT2D eigenvalue weighted by Crippen LogP contribution is -2.41. The molecule has 0 bridgehead atoms. The van der Waals surface area contributed by atoms with Crippen molar-refractivity contribution >= 4 is 7.68 Å². The maximum atomic E-state index is 10.3. The van der Waals surface area contributed by atoms with Gasteiger partial charge in [0.15, 0.2) is 0 Å². The molecule has 0 aromatic heterocycles. The molecule has 1 atom stereocenters. The normalized spacial score (nSPS) is 16.3. The molecule has 0 radical (unpaired) electrons. The number of rotatable bonds is 4. The molecule has 0 aliphatic rings. The lowest BCUT2D eigenvalue weighted by molar-refractivity contribution is -0.00132. The summed E-state index contributed by atoms with van der Waals surface area (Å²) in [6.45, 7) is -0.164. The third-order valence-corrected chi connectivity index (χ3v) is 1.94. The zero-order valence-electron chi connectivity index (χ0n) is 5.86. The Morgan fingerprint density at radius 2 is 2.00 bits per heavy atom. The van der Waals surface area contributed by atoms with Gasteiger partial charge in [-0.2, -0.15) is 0 Å². The molecule has 0 amide bonds. The van der Waals surface area contributed by atoms with Gasteiger partial charge in [0.25, 0.3) is 5.47 Å². The molecule has 6 heteroatoms. The van der Waals surface area contributed by atoms with Crippen LogP contribution in [0.3, 0.4) is 0 Å². The molecule has 0 heterocycles. The van der Waals surface area contributed by atoms with E-state index < -0.39 is 13.1 Å². The Morgan fingerprint density at radius 1 is 1.50 bits per heavy atom. The molecule has 0 rings (SSSR count). The van der Waals surface area contributed by atoms with E-state index in [1.54, 1.807) is 0 Å². The molecule has 0 aliphatic heterocycles. The fraction of sp³-hybridized carbons (Fsp3) is 1.00. The molecule has 0 aliphatic carbocycles. The summed E-state index contributed by atoms with van der Waals surface area (Å²) in [6, 6.07) is 0. The lowest BCUT2D eigenvalue weighted by atomic mass is 10.6. The molecule has 0 aromatic rings. The number of hydrogen-bond acceptors (Lipinski definition) is 5. The second kappa shape index (κ2) is 3.83. The lowest BCUT2D eigenvalue weighted by Gasteiger charge is -2.17. The molecule has 0 saturated heterocycles. The van der Waals surface area contributed by atoms with Crippen LogP contribution in [0.1, 0.15) is 0 Å². The average molecular weight is 167 g/mol. The van der Waals surface area contributed by atoms with Crippen molar-refractivity contribution in [3.8, 4) is 0 Å². The van der Waals surface area contributed by atoms with Crippen LogP contribution < -0.4 is 5.73 Å². The van der Waals surface area contributed by atoms with Gasteiger partial charge in [-0.15, -0.1) is 0 Å². The quantitative estimate of drug-likeness (QED) is 0.473. The summed E-state index contributed by atoms with van der Waals surface area (Å²) in [5.41, 5.74) is 3.53. The van der Waals surface area contributed by atoms with Crippen LogP contribution in [0, 0.1) is 0 Å². The van der Waals surface area contributed by atoms with Gasteiger partial charge in [-0.25, -0.2) is 9.13 Å². The first kappa shape index (κ1) is 9.78. The summed E-state index contributed by atoms with van der Waals surface area (Å²) >= 11 is 0. The Morgan fingerprint density at radius 3 is 2.10 bits per heavy atom. The number of ether oxygens (including phenoxy) is 2. The highest BCUT2D eigenvalue weighted by atomic mass is 31.1. The average Bonchev–Trinajstić information content (AvgIpc) is 1.88. The van der Waals surface area contributed by atoms with Gasteiger partial charge in [0.05, 0.1) is 0 Å². The van der Waals surface area contributed by atoms with Gasteiger partial charge in [-0.1, -0.05) is 0 Å². The van der Waals surface area contributed by atoms with Gasteiger partial charge in [-0.05, 0) is 0 Å². The minimum Gasteiger partial charge on any atom is -0.379 e. The second-order valence-electron chi connectivity index (χ2n) is 1.74. The van der Waals surface area contributed by atoms with Crippen LogP contribution in [-0.4, -0.2) is 26.3 Å². The van der Waals surface area contributed by atoms with Crippen molar-refractivity contribution in [2.75, 3.05) is 20.8 Å². The number of methoxy groups -OCH3 is 2. The first-order chi connectivity index (χ1) is 4.56. The molecule has 0 saturated carbocycles. The maximum Gasteiger partial charge on any atom is 0.366 e. The largest absolute Gasteiger partial charge is 0.379 e. The van der Waals surface area contributed by atoms with Crippen molar-refractivity contribution in [2.24, 2.45) is 5.73 Å². The standard InChI is InChI=1S/C4H10NO4P/c1-8-3-4(5,9-2)10(6)7/h3,5H2,1-2H3. The van der Waals surface area contributed by atoms with E-state index in [2.05, 4.69) is 9.47 Å². The Labute approximate surface area is 59.3 Å². The number of nitrogens with two attached hydrogens (primary N) is 1. The predicted octanol–water partition coefficient (Wildman–Crippen LogP) is 0.0646. The molecule has 0 fully saturated rings. The smallest absolute Gasteiger partial charge is 0.366 e. The summed E-state index contributed by atoms with van der Waals surface area (Å²) in [5.74, 6) is 0. The van der Waals surface area contributed by atoms with Crippen LogP contribution in [-0.2, 0) is 18.6 Å². The van der Waals surface area contributed by atoms with Crippen molar-refractivity contribution in [1.82, 2.24) is 0 Å². The van der Waals surface area contributed by atoms with E-state index in [0.717, 1.165) is 0 Å². The highest BCUT2D eigenvalue weighted by molar-refractivity contribution is 7.32. The summed E-state index contributed by atoms with van der Waals surface area (Å²) in [7, 11) is -0.262. The van der Waals surface area contributed by atoms with Crippen molar-refractivity contribution < 1.29 is 18.6 Å². The van der Waals surface area contributed by atoms with Crippen LogP contribution in [0.2, 0.25) is 0 Å². The highest BCUT2D eigenvalue weighted by Crippen LogP contribution is 2.23. The van der Waals surface area contributed by atoms with E-state index >= 15 is 0 Å². The van der Waals surface area contributed by atoms with E-state index in [9.17, 15) is 9.13 Å². The van der Waals surface area contributed by atoms with Gasteiger partial charge < -0.3 is 9.47 Å². The monoisotopic (exact) mass is 167 g/mol. The molecule has 2 N–H and O–H groups in total. The van der Waals surface area contributed by atoms with Crippen molar-refractivity contribution in [3.05, 3.63) is 0 Å². The number of hydrogen-bond donors (Lipinski definition) is 1. The van der Waals surface area contributed by atoms with Crippen molar-refractivity contribution in [3.63, 3.8) is 0 Å². The van der Waals surface area contributed by atoms with Gasteiger partial charge in [0.2, 0.25) is 0 Å². The van der Waals surface area contributed by atoms with Crippen LogP contribution in [0.15, 0.2) is 0 Å². The van der Waals surface area contributed by atoms with Crippen LogP contribution in [0.4, 0.5) is 0 Å². The predicted molar refractivity (Wildman–Crippen MR) is 34.1 cm³/mol. The Balaban J connectivity index is 4.23. The van der Waals surface area contributed by atoms with E-state index in [1.165, 1.54) is 14.2 Å². The zero-order valence-corrected chi connectivity index (χ0v) is 6.76. The SMILES string of the molecule is COCC(N)(OC)P(=O)=O. The fourth-order valence-corrected chi connectivity index (χ4v) is 0.777. The molecular weight excluding hydrogens is 157 g/mol. The Bertz CT molecular complexity index is 161. The van der Waals surface area contributed by atoms with E-state index in [4.69, 9.17) is 5.73 Å². The first-order valence-electron chi connectivity index (χ1n) is 2.54. The highest BCUT2D eigenvalue weighted by Gasteiger charge is 2.31. The molecule has 5 nitrogen and oxygen atoms in total. The summed E-state index contributed by atoms with van der Waals surface area (Å²) < 4.78 is 29.7. The molecule has 1 unspecified atom stereocenters. The fourth-order valence-electron chi connectivity index (χ4n) is 0.393. The second-order valence-corrected chi connectivity index (χ2v) is 3.01. The Hall–Kier alpha value is -0.220. The van der Waals surface area contributed by atoms with Crippen LogP contribution >= 0.6 is 7.68 Å². The van der Waals surface area contributed by atoms with Crippen LogP contribution in [0.5, 0.6) is 0 Å². The zero-order chi connectivity index (χ0) is 8.20. The van der Waals surface area contributed by atoms with Crippen molar-refractivity contribution in [1.29, 1.82) is 0 Å². The third kappa shape index (κ3) is 2.19. The van der Waals surface area contributed by atoms with Gasteiger partial charge >= 0.3 is 7.68 Å². The van der Waals surface area contributed by atoms with E-state index in [0.29, 0.717) is 0 Å². The minimum atomic E-state index is -2.82. The molecule has 0 spiro atoms. The van der Waals surface area contributed by atoms with Gasteiger partial charge in [-0.3, -0.25) is 5.73 Å². The van der Waals surface area contributed by atoms with E-state index in [1.807, 2.05) is 0 Å².